The van der Waals surface area contributed by atoms with Crippen molar-refractivity contribution < 1.29 is 9.59 Å². The normalized spacial score (nSPS) is 10.7. The lowest BCUT2D eigenvalue weighted by atomic mass is 10.1. The number of hydrogen-bond donors (Lipinski definition) is 2. The minimum absolute atomic E-state index is 0.0441. The fourth-order valence-electron chi connectivity index (χ4n) is 1.86. The molecule has 0 radical (unpaired) electrons. The van der Waals surface area contributed by atoms with E-state index in [0.717, 1.165) is 11.4 Å². The molecule has 2 N–H and O–H groups in total. The SMILES string of the molecule is CCN(CC(=O)NC)CC(=O)c1cc(C)[nH]c1C. The van der Waals surface area contributed by atoms with Crippen molar-refractivity contribution >= 4 is 11.7 Å². The van der Waals surface area contributed by atoms with Gasteiger partial charge in [0.25, 0.3) is 0 Å². The van der Waals surface area contributed by atoms with Crippen LogP contribution in [0.4, 0.5) is 0 Å². The van der Waals surface area contributed by atoms with E-state index in [1.807, 2.05) is 31.7 Å². The van der Waals surface area contributed by atoms with E-state index >= 15 is 0 Å². The summed E-state index contributed by atoms with van der Waals surface area (Å²) in [5, 5.41) is 2.56. The van der Waals surface area contributed by atoms with Crippen LogP contribution in [-0.4, -0.2) is 48.3 Å². The Balaban J connectivity index is 2.67. The smallest absolute Gasteiger partial charge is 0.233 e. The van der Waals surface area contributed by atoms with Gasteiger partial charge in [-0.3, -0.25) is 14.5 Å². The van der Waals surface area contributed by atoms with Crippen LogP contribution >= 0.6 is 0 Å². The van der Waals surface area contributed by atoms with Crippen molar-refractivity contribution in [2.45, 2.75) is 20.8 Å². The van der Waals surface area contributed by atoms with Crippen LogP contribution in [0.5, 0.6) is 0 Å². The molecule has 0 saturated carbocycles. The van der Waals surface area contributed by atoms with Crippen LogP contribution in [0.3, 0.4) is 0 Å². The summed E-state index contributed by atoms with van der Waals surface area (Å²) in [6.07, 6.45) is 0. The van der Waals surface area contributed by atoms with Crippen LogP contribution in [-0.2, 0) is 4.79 Å². The molecule has 1 aromatic rings. The van der Waals surface area contributed by atoms with E-state index < -0.39 is 0 Å². The third kappa shape index (κ3) is 3.70. The Labute approximate surface area is 108 Å². The summed E-state index contributed by atoms with van der Waals surface area (Å²) in [6.45, 7) is 6.93. The average molecular weight is 251 g/mol. The van der Waals surface area contributed by atoms with E-state index in [0.29, 0.717) is 12.1 Å². The van der Waals surface area contributed by atoms with Crippen molar-refractivity contribution in [2.75, 3.05) is 26.7 Å². The van der Waals surface area contributed by atoms with Crippen LogP contribution in [0.2, 0.25) is 0 Å². The molecule has 0 unspecified atom stereocenters. The molecule has 0 aromatic carbocycles. The number of Topliss-reactive ketones (excluding diaryl/α,β-unsaturated/α-hetero) is 1. The number of H-pyrrole nitrogens is 1. The summed E-state index contributed by atoms with van der Waals surface area (Å²) < 4.78 is 0. The number of hydrogen-bond acceptors (Lipinski definition) is 3. The van der Waals surface area contributed by atoms with Crippen molar-refractivity contribution in [3.8, 4) is 0 Å². The van der Waals surface area contributed by atoms with Gasteiger partial charge in [-0.1, -0.05) is 6.92 Å². The molecule has 0 saturated heterocycles. The minimum Gasteiger partial charge on any atom is -0.362 e. The van der Waals surface area contributed by atoms with Crippen molar-refractivity contribution in [1.29, 1.82) is 0 Å². The van der Waals surface area contributed by atoms with Gasteiger partial charge < -0.3 is 10.3 Å². The molecule has 0 aliphatic heterocycles. The third-order valence-electron chi connectivity index (χ3n) is 2.91. The monoisotopic (exact) mass is 251 g/mol. The van der Waals surface area contributed by atoms with Gasteiger partial charge in [0.05, 0.1) is 13.1 Å². The van der Waals surface area contributed by atoms with Gasteiger partial charge in [-0.15, -0.1) is 0 Å². The number of aryl methyl sites for hydroxylation is 2. The Kier molecular flexibility index (Phi) is 5.09. The highest BCUT2D eigenvalue weighted by molar-refractivity contribution is 5.99. The summed E-state index contributed by atoms with van der Waals surface area (Å²) in [6, 6.07) is 1.85. The molecule has 1 rings (SSSR count). The maximum Gasteiger partial charge on any atom is 0.233 e. The van der Waals surface area contributed by atoms with E-state index in [1.165, 1.54) is 0 Å². The lowest BCUT2D eigenvalue weighted by molar-refractivity contribution is -0.121. The Morgan fingerprint density at radius 2 is 2.00 bits per heavy atom. The summed E-state index contributed by atoms with van der Waals surface area (Å²) in [4.78, 5) is 28.4. The Morgan fingerprint density at radius 1 is 1.33 bits per heavy atom. The predicted molar refractivity (Wildman–Crippen MR) is 70.8 cm³/mol. The van der Waals surface area contributed by atoms with Crippen LogP contribution in [0.25, 0.3) is 0 Å². The minimum atomic E-state index is -0.0772. The molecule has 0 atom stereocenters. The number of likely N-dealkylation sites (N-methyl/N-ethyl adjacent to an activating group) is 2. The topological polar surface area (TPSA) is 65.2 Å². The first-order valence-corrected chi connectivity index (χ1v) is 6.10. The Hall–Kier alpha value is -1.62. The Bertz CT molecular complexity index is 437. The van der Waals surface area contributed by atoms with E-state index in [9.17, 15) is 9.59 Å². The van der Waals surface area contributed by atoms with Crippen LogP contribution in [0.1, 0.15) is 28.7 Å². The second-order valence-electron chi connectivity index (χ2n) is 4.39. The fraction of sp³-hybridized carbons (Fsp3) is 0.538. The van der Waals surface area contributed by atoms with Gasteiger partial charge in [-0.05, 0) is 26.5 Å². The molecule has 0 bridgehead atoms. The second-order valence-corrected chi connectivity index (χ2v) is 4.39. The lowest BCUT2D eigenvalue weighted by Gasteiger charge is -2.18. The zero-order valence-corrected chi connectivity index (χ0v) is 11.5. The molecule has 0 fully saturated rings. The number of aromatic nitrogens is 1. The van der Waals surface area contributed by atoms with Gasteiger partial charge in [-0.25, -0.2) is 0 Å². The number of rotatable bonds is 6. The standard InChI is InChI=1S/C13H21N3O2/c1-5-16(8-13(18)14-4)7-12(17)11-6-9(2)15-10(11)3/h6,15H,5,7-8H2,1-4H3,(H,14,18). The maximum absolute atomic E-state index is 12.1. The molecule has 5 nitrogen and oxygen atoms in total. The van der Waals surface area contributed by atoms with E-state index in [2.05, 4.69) is 10.3 Å². The number of ketones is 1. The molecule has 5 heteroatoms. The lowest BCUT2D eigenvalue weighted by Crippen LogP contribution is -2.38. The number of nitrogens with zero attached hydrogens (tertiary/aromatic N) is 1. The van der Waals surface area contributed by atoms with Gasteiger partial charge in [0, 0.05) is 24.0 Å². The van der Waals surface area contributed by atoms with Crippen molar-refractivity contribution in [2.24, 2.45) is 0 Å². The zero-order valence-electron chi connectivity index (χ0n) is 11.5. The first-order chi connectivity index (χ1) is 8.47. The number of carbonyl (C=O) groups excluding carboxylic acids is 2. The largest absolute Gasteiger partial charge is 0.362 e. The van der Waals surface area contributed by atoms with Gasteiger partial charge in [0.1, 0.15) is 0 Å². The van der Waals surface area contributed by atoms with E-state index in [-0.39, 0.29) is 24.8 Å². The summed E-state index contributed by atoms with van der Waals surface area (Å²) in [7, 11) is 1.59. The van der Waals surface area contributed by atoms with Crippen LogP contribution in [0.15, 0.2) is 6.07 Å². The summed E-state index contributed by atoms with van der Waals surface area (Å²) >= 11 is 0. The third-order valence-corrected chi connectivity index (χ3v) is 2.91. The second kappa shape index (κ2) is 6.35. The molecule has 0 aliphatic rings. The maximum atomic E-state index is 12.1. The highest BCUT2D eigenvalue weighted by Crippen LogP contribution is 2.10. The number of aromatic amines is 1. The Morgan fingerprint density at radius 3 is 2.44 bits per heavy atom. The summed E-state index contributed by atoms with van der Waals surface area (Å²) in [5.74, 6) is -0.0331. The predicted octanol–water partition coefficient (Wildman–Crippen LogP) is 0.882. The average Bonchev–Trinajstić information content (AvgIpc) is 2.67. The fourth-order valence-corrected chi connectivity index (χ4v) is 1.86. The van der Waals surface area contributed by atoms with Crippen molar-refractivity contribution in [1.82, 2.24) is 15.2 Å². The molecular weight excluding hydrogens is 230 g/mol. The quantitative estimate of drug-likeness (QED) is 0.738. The van der Waals surface area contributed by atoms with Gasteiger partial charge in [0.2, 0.25) is 5.91 Å². The highest BCUT2D eigenvalue weighted by Gasteiger charge is 2.16. The van der Waals surface area contributed by atoms with Gasteiger partial charge >= 0.3 is 0 Å². The number of carbonyl (C=O) groups is 2. The molecule has 0 aliphatic carbocycles. The molecule has 0 spiro atoms. The summed E-state index contributed by atoms with van der Waals surface area (Å²) in [5.41, 5.74) is 2.57. The zero-order chi connectivity index (χ0) is 13.7. The molecule has 1 heterocycles. The highest BCUT2D eigenvalue weighted by atomic mass is 16.2. The van der Waals surface area contributed by atoms with Crippen LogP contribution in [0, 0.1) is 13.8 Å². The molecule has 1 amide bonds. The number of amides is 1. The molecule has 18 heavy (non-hydrogen) atoms. The van der Waals surface area contributed by atoms with Crippen LogP contribution < -0.4 is 5.32 Å². The van der Waals surface area contributed by atoms with E-state index in [4.69, 9.17) is 0 Å². The van der Waals surface area contributed by atoms with Gasteiger partial charge in [0.15, 0.2) is 5.78 Å². The van der Waals surface area contributed by atoms with E-state index in [1.54, 1.807) is 7.05 Å². The van der Waals surface area contributed by atoms with Crippen molar-refractivity contribution in [3.05, 3.63) is 23.0 Å². The molecular formula is C13H21N3O2. The molecule has 1 aromatic heterocycles. The van der Waals surface area contributed by atoms with Gasteiger partial charge in [-0.2, -0.15) is 0 Å². The van der Waals surface area contributed by atoms with Crippen molar-refractivity contribution in [3.63, 3.8) is 0 Å². The number of nitrogens with one attached hydrogen (secondary N) is 2. The molecule has 100 valence electrons. The first kappa shape index (κ1) is 14.4. The first-order valence-electron chi connectivity index (χ1n) is 6.10.